The highest BCUT2D eigenvalue weighted by Crippen LogP contribution is 2.30. The van der Waals surface area contributed by atoms with Gasteiger partial charge in [-0.15, -0.1) is 0 Å². The molecule has 0 amide bonds. The molecule has 0 atom stereocenters. The minimum atomic E-state index is -4.27. The van der Waals surface area contributed by atoms with E-state index < -0.39 is 10.1 Å². The van der Waals surface area contributed by atoms with Crippen molar-refractivity contribution in [2.24, 2.45) is 0 Å². The summed E-state index contributed by atoms with van der Waals surface area (Å²) >= 11 is 0. The van der Waals surface area contributed by atoms with E-state index in [1.807, 2.05) is 6.92 Å². The molecule has 0 saturated heterocycles. The molecule has 3 rings (SSSR count). The topological polar surface area (TPSA) is 57.2 Å². The molecule has 0 heterocycles. The SMILES string of the molecule is CC1=Cc2ccccc21.Cc1ccc(S(=O)(=O)[O-])cc1. The molecule has 0 aliphatic heterocycles. The van der Waals surface area contributed by atoms with Crippen molar-refractivity contribution in [2.75, 3.05) is 0 Å². The first-order valence-corrected chi connectivity index (χ1v) is 7.59. The first-order chi connectivity index (χ1) is 9.38. The molecule has 0 bridgehead atoms. The van der Waals surface area contributed by atoms with Crippen LogP contribution in [-0.2, 0) is 10.1 Å². The van der Waals surface area contributed by atoms with Gasteiger partial charge in [-0.3, -0.25) is 0 Å². The van der Waals surface area contributed by atoms with E-state index in [0.29, 0.717) is 0 Å². The summed E-state index contributed by atoms with van der Waals surface area (Å²) in [6.07, 6.45) is 2.20. The molecule has 0 radical (unpaired) electrons. The van der Waals surface area contributed by atoms with Crippen LogP contribution in [0.25, 0.3) is 11.6 Å². The van der Waals surface area contributed by atoms with Crippen LogP contribution >= 0.6 is 0 Å². The zero-order valence-electron chi connectivity index (χ0n) is 11.3. The standard InChI is InChI=1S/C9H8.C7H8O3S/c1-7-6-8-4-2-3-5-9(7)8;1-6-2-4-7(5-3-6)11(8,9)10/h2-6H,1H3;2-5H,1H3,(H,8,9,10)/p-1. The number of hydrogen-bond donors (Lipinski definition) is 0. The lowest BCUT2D eigenvalue weighted by Gasteiger charge is -2.14. The quantitative estimate of drug-likeness (QED) is 0.755. The lowest BCUT2D eigenvalue weighted by Crippen LogP contribution is -1.97. The first-order valence-electron chi connectivity index (χ1n) is 6.18. The van der Waals surface area contributed by atoms with Crippen LogP contribution in [0.3, 0.4) is 0 Å². The summed E-state index contributed by atoms with van der Waals surface area (Å²) in [6.45, 7) is 3.96. The van der Waals surface area contributed by atoms with Crippen LogP contribution in [0.15, 0.2) is 53.4 Å². The molecule has 4 heteroatoms. The van der Waals surface area contributed by atoms with Gasteiger partial charge in [0.1, 0.15) is 10.1 Å². The lowest BCUT2D eigenvalue weighted by atomic mass is 9.90. The summed E-state index contributed by atoms with van der Waals surface area (Å²) < 4.78 is 31.2. The number of hydrogen-bond acceptors (Lipinski definition) is 3. The summed E-state index contributed by atoms with van der Waals surface area (Å²) in [4.78, 5) is -0.178. The van der Waals surface area contributed by atoms with Crippen molar-refractivity contribution in [1.82, 2.24) is 0 Å². The van der Waals surface area contributed by atoms with Crippen molar-refractivity contribution in [2.45, 2.75) is 18.7 Å². The van der Waals surface area contributed by atoms with E-state index in [2.05, 4.69) is 37.3 Å². The minimum Gasteiger partial charge on any atom is -0.744 e. The van der Waals surface area contributed by atoms with Gasteiger partial charge in [0.25, 0.3) is 0 Å². The average molecular weight is 287 g/mol. The Labute approximate surface area is 119 Å². The van der Waals surface area contributed by atoms with Crippen LogP contribution in [0.2, 0.25) is 0 Å². The highest BCUT2D eigenvalue weighted by Gasteiger charge is 2.08. The van der Waals surface area contributed by atoms with Gasteiger partial charge in [-0.25, -0.2) is 8.42 Å². The Kier molecular flexibility index (Phi) is 4.06. The lowest BCUT2D eigenvalue weighted by molar-refractivity contribution is 0.463. The highest BCUT2D eigenvalue weighted by atomic mass is 32.2. The van der Waals surface area contributed by atoms with Gasteiger partial charge in [-0.2, -0.15) is 0 Å². The zero-order chi connectivity index (χ0) is 14.8. The van der Waals surface area contributed by atoms with E-state index in [0.717, 1.165) is 5.56 Å². The molecular formula is C16H15O3S-. The van der Waals surface area contributed by atoms with Gasteiger partial charge in [-0.1, -0.05) is 48.0 Å². The molecular weight excluding hydrogens is 272 g/mol. The third-order valence-electron chi connectivity index (χ3n) is 3.07. The van der Waals surface area contributed by atoms with Crippen LogP contribution in [0.5, 0.6) is 0 Å². The number of allylic oxidation sites excluding steroid dienone is 1. The van der Waals surface area contributed by atoms with Gasteiger partial charge in [0, 0.05) is 0 Å². The van der Waals surface area contributed by atoms with E-state index in [-0.39, 0.29) is 4.90 Å². The fourth-order valence-corrected chi connectivity index (χ4v) is 2.39. The van der Waals surface area contributed by atoms with Crippen molar-refractivity contribution in [3.05, 3.63) is 65.2 Å². The van der Waals surface area contributed by atoms with E-state index in [9.17, 15) is 13.0 Å². The molecule has 104 valence electrons. The number of fused-ring (bicyclic) bond motifs is 1. The van der Waals surface area contributed by atoms with Crippen molar-refractivity contribution in [1.29, 1.82) is 0 Å². The first kappa shape index (κ1) is 14.5. The molecule has 0 aromatic heterocycles. The molecule has 1 aliphatic carbocycles. The third kappa shape index (κ3) is 3.35. The van der Waals surface area contributed by atoms with E-state index in [4.69, 9.17) is 0 Å². The second kappa shape index (κ2) is 5.61. The molecule has 0 fully saturated rings. The van der Waals surface area contributed by atoms with Gasteiger partial charge in [0.2, 0.25) is 0 Å². The Morgan fingerprint density at radius 1 is 0.900 bits per heavy atom. The zero-order valence-corrected chi connectivity index (χ0v) is 12.1. The van der Waals surface area contributed by atoms with Crippen molar-refractivity contribution < 1.29 is 13.0 Å². The van der Waals surface area contributed by atoms with E-state index >= 15 is 0 Å². The van der Waals surface area contributed by atoms with E-state index in [1.54, 1.807) is 12.1 Å². The Hall–Kier alpha value is -1.91. The van der Waals surface area contributed by atoms with Crippen LogP contribution in [0.4, 0.5) is 0 Å². The Balaban J connectivity index is 0.000000149. The van der Waals surface area contributed by atoms with Crippen LogP contribution < -0.4 is 0 Å². The van der Waals surface area contributed by atoms with Gasteiger partial charge in [0.05, 0.1) is 4.90 Å². The summed E-state index contributed by atoms with van der Waals surface area (Å²) in [6, 6.07) is 14.2. The Bertz CT molecular complexity index is 742. The molecule has 3 nitrogen and oxygen atoms in total. The predicted molar refractivity (Wildman–Crippen MR) is 79.1 cm³/mol. The fourth-order valence-electron chi connectivity index (χ4n) is 1.92. The summed E-state index contributed by atoms with van der Waals surface area (Å²) in [5.74, 6) is 0. The maximum atomic E-state index is 10.4. The monoisotopic (exact) mass is 287 g/mol. The molecule has 0 N–H and O–H groups in total. The molecule has 20 heavy (non-hydrogen) atoms. The molecule has 0 saturated carbocycles. The Morgan fingerprint density at radius 2 is 1.50 bits per heavy atom. The van der Waals surface area contributed by atoms with E-state index in [1.165, 1.54) is 28.8 Å². The number of rotatable bonds is 1. The maximum absolute atomic E-state index is 10.4. The third-order valence-corrected chi connectivity index (χ3v) is 3.92. The highest BCUT2D eigenvalue weighted by molar-refractivity contribution is 7.85. The predicted octanol–water partition coefficient (Wildman–Crippen LogP) is 3.46. The number of aryl methyl sites for hydroxylation is 1. The molecule has 1 aliphatic rings. The van der Waals surface area contributed by atoms with Gasteiger partial charge >= 0.3 is 0 Å². The molecule has 2 aromatic carbocycles. The van der Waals surface area contributed by atoms with Gasteiger partial charge in [0.15, 0.2) is 0 Å². The largest absolute Gasteiger partial charge is 0.744 e. The molecule has 0 unspecified atom stereocenters. The molecule has 0 spiro atoms. The molecule has 2 aromatic rings. The minimum absolute atomic E-state index is 0.178. The van der Waals surface area contributed by atoms with Crippen molar-refractivity contribution in [3.63, 3.8) is 0 Å². The van der Waals surface area contributed by atoms with Crippen molar-refractivity contribution >= 4 is 21.8 Å². The second-order valence-corrected chi connectivity index (χ2v) is 6.06. The number of benzene rings is 2. The second-order valence-electron chi connectivity index (χ2n) is 4.68. The Morgan fingerprint density at radius 3 is 1.95 bits per heavy atom. The van der Waals surface area contributed by atoms with Crippen LogP contribution in [-0.4, -0.2) is 13.0 Å². The van der Waals surface area contributed by atoms with Gasteiger partial charge < -0.3 is 4.55 Å². The maximum Gasteiger partial charge on any atom is 0.124 e. The summed E-state index contributed by atoms with van der Waals surface area (Å²) in [5.41, 5.74) is 5.13. The fraction of sp³-hybridized carbons (Fsp3) is 0.125. The van der Waals surface area contributed by atoms with Gasteiger partial charge in [-0.05, 0) is 42.7 Å². The normalized spacial score (nSPS) is 12.4. The van der Waals surface area contributed by atoms with Crippen LogP contribution in [0, 0.1) is 6.92 Å². The summed E-state index contributed by atoms with van der Waals surface area (Å²) in [7, 11) is -4.27. The smallest absolute Gasteiger partial charge is 0.124 e. The van der Waals surface area contributed by atoms with Crippen LogP contribution in [0.1, 0.15) is 23.6 Å². The average Bonchev–Trinajstić information content (AvgIpc) is 2.38. The van der Waals surface area contributed by atoms with Crippen molar-refractivity contribution in [3.8, 4) is 0 Å². The summed E-state index contributed by atoms with van der Waals surface area (Å²) in [5, 5.41) is 0.